The van der Waals surface area contributed by atoms with E-state index in [1.807, 2.05) is 0 Å². The van der Waals surface area contributed by atoms with Gasteiger partial charge in [-0.2, -0.15) is 0 Å². The molecule has 1 aliphatic rings. The van der Waals surface area contributed by atoms with Crippen LogP contribution >= 0.6 is 0 Å². The molecule has 0 N–H and O–H groups in total. The van der Waals surface area contributed by atoms with Crippen LogP contribution in [0.2, 0.25) is 0 Å². The summed E-state index contributed by atoms with van der Waals surface area (Å²) in [5.74, 6) is 0.582. The van der Waals surface area contributed by atoms with Crippen LogP contribution in [0.15, 0.2) is 0 Å². The zero-order valence-electron chi connectivity index (χ0n) is 10.4. The van der Waals surface area contributed by atoms with E-state index < -0.39 is 17.8 Å². The molecule has 0 spiro atoms. The lowest BCUT2D eigenvalue weighted by atomic mass is 10.4. The lowest BCUT2D eigenvalue weighted by Crippen LogP contribution is -2.33. The third-order valence-electron chi connectivity index (χ3n) is 2.18. The summed E-state index contributed by atoms with van der Waals surface area (Å²) in [5, 5.41) is 0.481. The van der Waals surface area contributed by atoms with Crippen molar-refractivity contribution >= 4 is 17.8 Å². The van der Waals surface area contributed by atoms with Gasteiger partial charge in [0.05, 0.1) is 19.8 Å². The van der Waals surface area contributed by atoms with Crippen molar-refractivity contribution in [1.29, 1.82) is 0 Å². The minimum absolute atomic E-state index is 0.0655. The van der Waals surface area contributed by atoms with Gasteiger partial charge >= 0.3 is 5.97 Å². The van der Waals surface area contributed by atoms with E-state index in [-0.39, 0.29) is 26.1 Å². The minimum Gasteiger partial charge on any atom is -0.378 e. The molecule has 1 rings (SSSR count). The first kappa shape index (κ1) is 15.1. The number of imide groups is 1. The Kier molecular flexibility index (Phi) is 6.57. The third-order valence-corrected chi connectivity index (χ3v) is 2.18. The SMILES string of the molecule is C#CCCOCCOCC(=O)ON1C(=O)CCC1=O. The molecule has 19 heavy (non-hydrogen) atoms. The van der Waals surface area contributed by atoms with Crippen LogP contribution in [0.4, 0.5) is 0 Å². The van der Waals surface area contributed by atoms with Gasteiger partial charge < -0.3 is 14.3 Å². The van der Waals surface area contributed by atoms with Gasteiger partial charge in [-0.25, -0.2) is 4.79 Å². The second-order valence-corrected chi connectivity index (χ2v) is 3.66. The normalized spacial score (nSPS) is 14.6. The summed E-state index contributed by atoms with van der Waals surface area (Å²) >= 11 is 0. The largest absolute Gasteiger partial charge is 0.378 e. The van der Waals surface area contributed by atoms with E-state index in [2.05, 4.69) is 10.8 Å². The van der Waals surface area contributed by atoms with E-state index in [1.54, 1.807) is 0 Å². The van der Waals surface area contributed by atoms with Gasteiger partial charge in [0, 0.05) is 19.3 Å². The van der Waals surface area contributed by atoms with Crippen molar-refractivity contribution in [2.24, 2.45) is 0 Å². The lowest BCUT2D eigenvalue weighted by Gasteiger charge is -2.12. The van der Waals surface area contributed by atoms with E-state index in [9.17, 15) is 14.4 Å². The van der Waals surface area contributed by atoms with Gasteiger partial charge in [-0.3, -0.25) is 9.59 Å². The van der Waals surface area contributed by atoms with Crippen molar-refractivity contribution in [3.05, 3.63) is 0 Å². The minimum atomic E-state index is -0.799. The Labute approximate surface area is 110 Å². The fraction of sp³-hybridized carbons (Fsp3) is 0.583. The van der Waals surface area contributed by atoms with Gasteiger partial charge in [0.25, 0.3) is 11.8 Å². The Morgan fingerprint density at radius 2 is 1.79 bits per heavy atom. The Bertz CT molecular complexity index is 370. The number of nitrogens with zero attached hydrogens (tertiary/aromatic N) is 1. The lowest BCUT2D eigenvalue weighted by molar-refractivity contribution is -0.200. The molecule has 0 aromatic heterocycles. The van der Waals surface area contributed by atoms with Crippen LogP contribution in [0, 0.1) is 12.3 Å². The first-order valence-corrected chi connectivity index (χ1v) is 5.80. The summed E-state index contributed by atoms with van der Waals surface area (Å²) in [6.07, 6.45) is 5.67. The maximum absolute atomic E-state index is 11.3. The highest BCUT2D eigenvalue weighted by molar-refractivity contribution is 6.01. The number of carbonyl (C=O) groups excluding carboxylic acids is 3. The van der Waals surface area contributed by atoms with Gasteiger partial charge in [0.15, 0.2) is 0 Å². The number of terminal acetylenes is 1. The molecule has 0 aromatic rings. The molecule has 0 atom stereocenters. The van der Waals surface area contributed by atoms with Crippen LogP contribution < -0.4 is 0 Å². The summed E-state index contributed by atoms with van der Waals surface area (Å²) in [6, 6.07) is 0. The van der Waals surface area contributed by atoms with E-state index in [1.165, 1.54) is 0 Å². The van der Waals surface area contributed by atoms with Crippen LogP contribution in [-0.2, 0) is 28.7 Å². The fourth-order valence-corrected chi connectivity index (χ4v) is 1.29. The van der Waals surface area contributed by atoms with Crippen molar-refractivity contribution in [3.8, 4) is 12.3 Å². The number of ether oxygens (including phenoxy) is 2. The Balaban J connectivity index is 2.07. The number of carbonyl (C=O) groups is 3. The first-order valence-electron chi connectivity index (χ1n) is 5.80. The summed E-state index contributed by atoms with van der Waals surface area (Å²) in [4.78, 5) is 38.1. The molecule has 0 unspecified atom stereocenters. The van der Waals surface area contributed by atoms with Crippen molar-refractivity contribution in [2.75, 3.05) is 26.4 Å². The first-order chi connectivity index (χ1) is 9.15. The molecule has 2 amide bonds. The zero-order chi connectivity index (χ0) is 14.1. The van der Waals surface area contributed by atoms with E-state index in [0.29, 0.717) is 24.7 Å². The van der Waals surface area contributed by atoms with Gasteiger partial charge in [0.1, 0.15) is 6.61 Å². The average Bonchev–Trinajstić information content (AvgIpc) is 2.69. The molecule has 0 saturated carbocycles. The summed E-state index contributed by atoms with van der Waals surface area (Å²) in [6.45, 7) is 0.578. The quantitative estimate of drug-likeness (QED) is 0.340. The highest BCUT2D eigenvalue weighted by Gasteiger charge is 2.32. The van der Waals surface area contributed by atoms with Gasteiger partial charge in [0.2, 0.25) is 0 Å². The Hall–Kier alpha value is -1.91. The van der Waals surface area contributed by atoms with Crippen LogP contribution in [0.25, 0.3) is 0 Å². The Morgan fingerprint density at radius 3 is 2.42 bits per heavy atom. The second kappa shape index (κ2) is 8.24. The molecule has 0 bridgehead atoms. The van der Waals surface area contributed by atoms with Gasteiger partial charge in [-0.15, -0.1) is 17.4 Å². The molecular formula is C12H15NO6. The standard InChI is InChI=1S/C12H15NO6/c1-2-3-6-17-7-8-18-9-12(16)19-13-10(14)4-5-11(13)15/h1H,3-9H2. The fourth-order valence-electron chi connectivity index (χ4n) is 1.29. The van der Waals surface area contributed by atoms with Crippen molar-refractivity contribution in [1.82, 2.24) is 5.06 Å². The molecule has 1 saturated heterocycles. The van der Waals surface area contributed by atoms with Crippen LogP contribution in [0.5, 0.6) is 0 Å². The van der Waals surface area contributed by atoms with E-state index in [0.717, 1.165) is 0 Å². The summed E-state index contributed by atoms with van der Waals surface area (Å²) < 4.78 is 10.0. The van der Waals surface area contributed by atoms with Gasteiger partial charge in [-0.05, 0) is 0 Å². The Morgan fingerprint density at radius 1 is 1.16 bits per heavy atom. The highest BCUT2D eigenvalue weighted by atomic mass is 16.7. The summed E-state index contributed by atoms with van der Waals surface area (Å²) in [7, 11) is 0. The van der Waals surface area contributed by atoms with Crippen LogP contribution in [0.1, 0.15) is 19.3 Å². The average molecular weight is 269 g/mol. The molecule has 7 nitrogen and oxygen atoms in total. The second-order valence-electron chi connectivity index (χ2n) is 3.66. The number of rotatable bonds is 8. The maximum Gasteiger partial charge on any atom is 0.358 e. The predicted molar refractivity (Wildman–Crippen MR) is 62.3 cm³/mol. The van der Waals surface area contributed by atoms with Crippen molar-refractivity contribution in [2.45, 2.75) is 19.3 Å². The molecule has 0 aliphatic carbocycles. The van der Waals surface area contributed by atoms with Crippen LogP contribution in [-0.4, -0.2) is 49.3 Å². The van der Waals surface area contributed by atoms with Crippen LogP contribution in [0.3, 0.4) is 0 Å². The maximum atomic E-state index is 11.3. The predicted octanol–water partition coefficient (Wildman–Crippen LogP) is -0.350. The highest BCUT2D eigenvalue weighted by Crippen LogP contribution is 2.11. The molecular weight excluding hydrogens is 254 g/mol. The van der Waals surface area contributed by atoms with E-state index in [4.69, 9.17) is 15.9 Å². The van der Waals surface area contributed by atoms with E-state index >= 15 is 0 Å². The number of amides is 2. The number of hydroxylamine groups is 2. The molecule has 104 valence electrons. The molecule has 0 aromatic carbocycles. The molecule has 7 heteroatoms. The van der Waals surface area contributed by atoms with Crippen molar-refractivity contribution in [3.63, 3.8) is 0 Å². The smallest absolute Gasteiger partial charge is 0.358 e. The molecule has 1 heterocycles. The summed E-state index contributed by atoms with van der Waals surface area (Å²) in [5.41, 5.74) is 0. The molecule has 0 radical (unpaired) electrons. The van der Waals surface area contributed by atoms with Gasteiger partial charge in [-0.1, -0.05) is 0 Å². The number of hydrogen-bond acceptors (Lipinski definition) is 6. The zero-order valence-corrected chi connectivity index (χ0v) is 10.4. The van der Waals surface area contributed by atoms with Crippen molar-refractivity contribution < 1.29 is 28.7 Å². The molecule has 1 fully saturated rings. The topological polar surface area (TPSA) is 82.1 Å². The molecule has 1 aliphatic heterocycles. The monoisotopic (exact) mass is 269 g/mol. The number of hydrogen-bond donors (Lipinski definition) is 0. The third kappa shape index (κ3) is 5.50.